The van der Waals surface area contributed by atoms with Crippen LogP contribution in [0, 0.1) is 20.8 Å². The average molecular weight is 321 g/mol. The summed E-state index contributed by atoms with van der Waals surface area (Å²) in [6, 6.07) is 4.34. The Morgan fingerprint density at radius 3 is 2.67 bits per heavy atom. The van der Waals surface area contributed by atoms with Crippen molar-refractivity contribution in [1.29, 1.82) is 0 Å². The van der Waals surface area contributed by atoms with Gasteiger partial charge in [-0.15, -0.1) is 10.2 Å². The molecule has 1 aromatic heterocycles. The fourth-order valence-corrected chi connectivity index (χ4v) is 3.46. The molecule has 1 atom stereocenters. The maximum absolute atomic E-state index is 12.0. The van der Waals surface area contributed by atoms with Gasteiger partial charge in [0.2, 0.25) is 5.91 Å². The number of rotatable bonds is 5. The number of carbonyl (C=O) groups is 1. The maximum Gasteiger partial charge on any atom is 0.230 e. The van der Waals surface area contributed by atoms with Gasteiger partial charge in [0.25, 0.3) is 0 Å². The van der Waals surface area contributed by atoms with Crippen molar-refractivity contribution in [2.24, 2.45) is 0 Å². The van der Waals surface area contributed by atoms with Crippen molar-refractivity contribution in [2.45, 2.75) is 38.1 Å². The van der Waals surface area contributed by atoms with Gasteiger partial charge in [0.1, 0.15) is 5.51 Å². The van der Waals surface area contributed by atoms with Crippen LogP contribution in [0.1, 0.15) is 35.2 Å². The number of hydrogen-bond donors (Lipinski definition) is 1. The van der Waals surface area contributed by atoms with Crippen LogP contribution in [-0.2, 0) is 4.79 Å². The number of thioether (sulfide) groups is 1. The fraction of sp³-hybridized carbons (Fsp3) is 0.400. The summed E-state index contributed by atoms with van der Waals surface area (Å²) in [7, 11) is 0. The zero-order chi connectivity index (χ0) is 15.4. The van der Waals surface area contributed by atoms with E-state index in [1.165, 1.54) is 45.4 Å². The van der Waals surface area contributed by atoms with Crippen LogP contribution < -0.4 is 5.32 Å². The quantitative estimate of drug-likeness (QED) is 0.857. The Kier molecular flexibility index (Phi) is 5.36. The van der Waals surface area contributed by atoms with Gasteiger partial charge in [-0.3, -0.25) is 4.79 Å². The van der Waals surface area contributed by atoms with E-state index in [0.29, 0.717) is 5.75 Å². The van der Waals surface area contributed by atoms with Crippen LogP contribution in [0.5, 0.6) is 0 Å². The van der Waals surface area contributed by atoms with E-state index in [2.05, 4.69) is 48.4 Å². The standard InChI is InChI=1S/C15H19N3OS2/c1-9-5-11(3)13(6-10(9)2)12(4)17-14(19)7-20-15-18-16-8-21-15/h5-6,8,12H,7H2,1-4H3,(H,17,19)/t12-/m0/s1. The third-order valence-electron chi connectivity index (χ3n) is 3.39. The Morgan fingerprint density at radius 1 is 1.29 bits per heavy atom. The van der Waals surface area contributed by atoms with Crippen LogP contribution in [0.25, 0.3) is 0 Å². The Labute approximate surface area is 133 Å². The summed E-state index contributed by atoms with van der Waals surface area (Å²) in [4.78, 5) is 12.0. The summed E-state index contributed by atoms with van der Waals surface area (Å²) in [5.41, 5.74) is 6.58. The zero-order valence-electron chi connectivity index (χ0n) is 12.6. The molecule has 0 spiro atoms. The molecule has 1 aromatic carbocycles. The molecule has 0 saturated carbocycles. The van der Waals surface area contributed by atoms with Crippen molar-refractivity contribution in [3.63, 3.8) is 0 Å². The minimum absolute atomic E-state index is 0.00631. The SMILES string of the molecule is Cc1cc(C)c([C@H](C)NC(=O)CSc2nncs2)cc1C. The molecule has 1 amide bonds. The Balaban J connectivity index is 1.96. The van der Waals surface area contributed by atoms with Gasteiger partial charge >= 0.3 is 0 Å². The van der Waals surface area contributed by atoms with Crippen LogP contribution in [0.2, 0.25) is 0 Å². The lowest BCUT2D eigenvalue weighted by molar-refractivity contribution is -0.119. The number of nitrogens with one attached hydrogen (secondary N) is 1. The summed E-state index contributed by atoms with van der Waals surface area (Å²) in [6.45, 7) is 8.30. The number of hydrogen-bond acceptors (Lipinski definition) is 5. The molecule has 0 saturated heterocycles. The highest BCUT2D eigenvalue weighted by atomic mass is 32.2. The fourth-order valence-electron chi connectivity index (χ4n) is 2.16. The van der Waals surface area contributed by atoms with Crippen molar-refractivity contribution in [3.8, 4) is 0 Å². The highest BCUT2D eigenvalue weighted by molar-refractivity contribution is 8.01. The first-order valence-electron chi connectivity index (χ1n) is 6.73. The Bertz CT molecular complexity index is 626. The van der Waals surface area contributed by atoms with Gasteiger partial charge in [-0.1, -0.05) is 35.2 Å². The summed E-state index contributed by atoms with van der Waals surface area (Å²) in [5.74, 6) is 0.379. The molecule has 0 aliphatic heterocycles. The molecule has 0 aliphatic rings. The average Bonchev–Trinajstić information content (AvgIpc) is 2.93. The number of carbonyl (C=O) groups excluding carboxylic acids is 1. The van der Waals surface area contributed by atoms with Crippen molar-refractivity contribution in [2.75, 3.05) is 5.75 Å². The van der Waals surface area contributed by atoms with E-state index in [-0.39, 0.29) is 11.9 Å². The van der Waals surface area contributed by atoms with Gasteiger partial charge in [0.15, 0.2) is 4.34 Å². The van der Waals surface area contributed by atoms with Gasteiger partial charge in [0.05, 0.1) is 11.8 Å². The second-order valence-electron chi connectivity index (χ2n) is 5.08. The predicted molar refractivity (Wildman–Crippen MR) is 87.8 cm³/mol. The van der Waals surface area contributed by atoms with E-state index in [0.717, 1.165) is 4.34 Å². The number of aryl methyl sites for hydroxylation is 3. The van der Waals surface area contributed by atoms with Crippen LogP contribution in [-0.4, -0.2) is 21.9 Å². The maximum atomic E-state index is 12.0. The molecule has 0 radical (unpaired) electrons. The summed E-state index contributed by atoms with van der Waals surface area (Å²) in [6.07, 6.45) is 0. The van der Waals surface area contributed by atoms with Crippen LogP contribution in [0.4, 0.5) is 0 Å². The van der Waals surface area contributed by atoms with E-state index in [9.17, 15) is 4.79 Å². The molecular formula is C15H19N3OS2. The Morgan fingerprint density at radius 2 is 2.00 bits per heavy atom. The molecule has 0 aliphatic carbocycles. The normalized spacial score (nSPS) is 12.2. The first-order chi connectivity index (χ1) is 9.97. The molecule has 6 heteroatoms. The topological polar surface area (TPSA) is 54.9 Å². The van der Waals surface area contributed by atoms with Crippen LogP contribution in [0.15, 0.2) is 22.0 Å². The molecule has 2 aromatic rings. The van der Waals surface area contributed by atoms with E-state index in [4.69, 9.17) is 0 Å². The van der Waals surface area contributed by atoms with Gasteiger partial charge in [-0.25, -0.2) is 0 Å². The molecule has 0 bridgehead atoms. The lowest BCUT2D eigenvalue weighted by Crippen LogP contribution is -2.28. The molecule has 4 nitrogen and oxygen atoms in total. The van der Waals surface area contributed by atoms with E-state index in [1.807, 2.05) is 6.92 Å². The third-order valence-corrected chi connectivity index (χ3v) is 5.25. The lowest BCUT2D eigenvalue weighted by Gasteiger charge is -2.18. The summed E-state index contributed by atoms with van der Waals surface area (Å²) >= 11 is 2.86. The lowest BCUT2D eigenvalue weighted by atomic mass is 9.96. The summed E-state index contributed by atoms with van der Waals surface area (Å²) < 4.78 is 0.820. The molecule has 1 heterocycles. The van der Waals surface area contributed by atoms with Crippen molar-refractivity contribution in [1.82, 2.24) is 15.5 Å². The number of amides is 1. The zero-order valence-corrected chi connectivity index (χ0v) is 14.3. The van der Waals surface area contributed by atoms with Crippen molar-refractivity contribution in [3.05, 3.63) is 39.9 Å². The summed E-state index contributed by atoms with van der Waals surface area (Å²) in [5, 5.41) is 10.7. The van der Waals surface area contributed by atoms with Gasteiger partial charge in [-0.05, 0) is 49.9 Å². The predicted octanol–water partition coefficient (Wildman–Crippen LogP) is 3.43. The van der Waals surface area contributed by atoms with E-state index < -0.39 is 0 Å². The third kappa shape index (κ3) is 4.28. The van der Waals surface area contributed by atoms with Gasteiger partial charge in [-0.2, -0.15) is 0 Å². The molecule has 2 rings (SSSR count). The largest absolute Gasteiger partial charge is 0.349 e. The number of aromatic nitrogens is 2. The second-order valence-corrected chi connectivity index (χ2v) is 7.13. The van der Waals surface area contributed by atoms with Crippen molar-refractivity contribution < 1.29 is 4.79 Å². The van der Waals surface area contributed by atoms with E-state index in [1.54, 1.807) is 5.51 Å². The van der Waals surface area contributed by atoms with Crippen LogP contribution >= 0.6 is 23.1 Å². The molecule has 0 unspecified atom stereocenters. The second kappa shape index (κ2) is 7.04. The molecular weight excluding hydrogens is 302 g/mol. The first kappa shape index (κ1) is 16.0. The van der Waals surface area contributed by atoms with Gasteiger partial charge < -0.3 is 5.32 Å². The highest BCUT2D eigenvalue weighted by Crippen LogP contribution is 2.22. The minimum atomic E-state index is 0.00631. The minimum Gasteiger partial charge on any atom is -0.349 e. The number of nitrogens with zero attached hydrogens (tertiary/aromatic N) is 2. The van der Waals surface area contributed by atoms with Crippen molar-refractivity contribution >= 4 is 29.0 Å². The monoisotopic (exact) mass is 321 g/mol. The molecule has 112 valence electrons. The highest BCUT2D eigenvalue weighted by Gasteiger charge is 2.13. The smallest absolute Gasteiger partial charge is 0.230 e. The molecule has 0 fully saturated rings. The van der Waals surface area contributed by atoms with E-state index >= 15 is 0 Å². The van der Waals surface area contributed by atoms with Crippen LogP contribution in [0.3, 0.4) is 0 Å². The first-order valence-corrected chi connectivity index (χ1v) is 8.60. The van der Waals surface area contributed by atoms with Gasteiger partial charge in [0, 0.05) is 0 Å². The number of benzene rings is 1. The Hall–Kier alpha value is -1.40. The molecule has 21 heavy (non-hydrogen) atoms. The molecule has 1 N–H and O–H groups in total.